The Kier molecular flexibility index (Phi) is 9.39. The number of nitriles is 1. The summed E-state index contributed by atoms with van der Waals surface area (Å²) in [6.07, 6.45) is 1.46. The maximum absolute atomic E-state index is 12.9. The van der Waals surface area contributed by atoms with Gasteiger partial charge in [0.05, 0.1) is 17.3 Å². The molecule has 180 valence electrons. The van der Waals surface area contributed by atoms with Gasteiger partial charge >= 0.3 is 0 Å². The van der Waals surface area contributed by atoms with Crippen molar-refractivity contribution in [3.63, 3.8) is 0 Å². The predicted molar refractivity (Wildman–Crippen MR) is 147 cm³/mol. The summed E-state index contributed by atoms with van der Waals surface area (Å²) in [4.78, 5) is 12.9. The molecule has 3 aromatic carbocycles. The summed E-state index contributed by atoms with van der Waals surface area (Å²) in [7, 11) is 0. The van der Waals surface area contributed by atoms with Crippen LogP contribution in [0.15, 0.2) is 63.0 Å². The van der Waals surface area contributed by atoms with Crippen molar-refractivity contribution in [1.82, 2.24) is 0 Å². The molecule has 5 nitrogen and oxygen atoms in total. The van der Waals surface area contributed by atoms with E-state index in [2.05, 4.69) is 37.2 Å². The second-order valence-corrected chi connectivity index (χ2v) is 9.82. The molecular formula is C27H23Br2ClN2O3. The van der Waals surface area contributed by atoms with Crippen LogP contribution in [0.5, 0.6) is 11.5 Å². The molecule has 3 rings (SSSR count). The fourth-order valence-electron chi connectivity index (χ4n) is 3.31. The van der Waals surface area contributed by atoms with Gasteiger partial charge in [0.1, 0.15) is 18.2 Å². The Hall–Kier alpha value is -2.79. The van der Waals surface area contributed by atoms with Gasteiger partial charge in [0.25, 0.3) is 5.91 Å². The van der Waals surface area contributed by atoms with Crippen LogP contribution in [-0.4, -0.2) is 12.5 Å². The highest BCUT2D eigenvalue weighted by molar-refractivity contribution is 9.11. The minimum Gasteiger partial charge on any atom is -0.490 e. The number of amides is 1. The minimum atomic E-state index is -0.549. The lowest BCUT2D eigenvalue weighted by atomic mass is 10.1. The maximum Gasteiger partial charge on any atom is 0.266 e. The lowest BCUT2D eigenvalue weighted by Gasteiger charge is -2.15. The van der Waals surface area contributed by atoms with Gasteiger partial charge in [-0.2, -0.15) is 5.26 Å². The minimum absolute atomic E-state index is 0.0866. The number of ether oxygens (including phenoxy) is 2. The van der Waals surface area contributed by atoms with Crippen molar-refractivity contribution in [3.8, 4) is 17.6 Å². The van der Waals surface area contributed by atoms with E-state index in [9.17, 15) is 10.1 Å². The number of hydrogen-bond acceptors (Lipinski definition) is 4. The zero-order valence-corrected chi connectivity index (χ0v) is 23.3. The summed E-state index contributed by atoms with van der Waals surface area (Å²) in [6, 6.07) is 17.0. The number of nitrogens with one attached hydrogen (secondary N) is 1. The van der Waals surface area contributed by atoms with E-state index in [0.717, 1.165) is 16.7 Å². The Morgan fingerprint density at radius 1 is 1.11 bits per heavy atom. The summed E-state index contributed by atoms with van der Waals surface area (Å²) in [5, 5.41) is 12.8. The van der Waals surface area contributed by atoms with Gasteiger partial charge in [0.15, 0.2) is 11.5 Å². The number of aryl methyl sites for hydroxylation is 2. The van der Waals surface area contributed by atoms with Gasteiger partial charge in [-0.05, 0) is 105 Å². The summed E-state index contributed by atoms with van der Waals surface area (Å²) < 4.78 is 13.2. The molecule has 0 heterocycles. The molecule has 0 saturated heterocycles. The molecule has 0 saturated carbocycles. The summed E-state index contributed by atoms with van der Waals surface area (Å²) in [5.74, 6) is 0.290. The molecule has 0 aromatic heterocycles. The fraction of sp³-hybridized carbons (Fsp3) is 0.185. The first-order valence-corrected chi connectivity index (χ1v) is 12.7. The van der Waals surface area contributed by atoms with E-state index >= 15 is 0 Å². The molecule has 8 heteroatoms. The van der Waals surface area contributed by atoms with Crippen molar-refractivity contribution in [2.45, 2.75) is 27.4 Å². The van der Waals surface area contributed by atoms with Crippen LogP contribution in [0.25, 0.3) is 6.08 Å². The molecule has 0 atom stereocenters. The highest BCUT2D eigenvalue weighted by Gasteiger charge is 2.17. The summed E-state index contributed by atoms with van der Waals surface area (Å²) in [5.41, 5.74) is 4.15. The molecule has 1 amide bonds. The van der Waals surface area contributed by atoms with E-state index in [1.807, 2.05) is 63.2 Å². The molecule has 1 N–H and O–H groups in total. The molecule has 35 heavy (non-hydrogen) atoms. The van der Waals surface area contributed by atoms with Gasteiger partial charge in [-0.25, -0.2) is 0 Å². The van der Waals surface area contributed by atoms with Gasteiger partial charge in [0.2, 0.25) is 0 Å². The van der Waals surface area contributed by atoms with Crippen LogP contribution in [0, 0.1) is 25.2 Å². The predicted octanol–water partition coefficient (Wildman–Crippen LogP) is 8.01. The van der Waals surface area contributed by atoms with Crippen LogP contribution >= 0.6 is 43.5 Å². The highest BCUT2D eigenvalue weighted by atomic mass is 79.9. The fourth-order valence-corrected chi connectivity index (χ4v) is 5.20. The van der Waals surface area contributed by atoms with Crippen LogP contribution < -0.4 is 14.8 Å². The normalized spacial score (nSPS) is 11.1. The van der Waals surface area contributed by atoms with Crippen LogP contribution in [0.1, 0.15) is 29.2 Å². The Balaban J connectivity index is 1.89. The van der Waals surface area contributed by atoms with Gasteiger partial charge in [-0.1, -0.05) is 35.9 Å². The molecule has 0 aliphatic rings. The third-order valence-electron chi connectivity index (χ3n) is 5.07. The quantitative estimate of drug-likeness (QED) is 0.205. The second-order valence-electron chi connectivity index (χ2n) is 7.71. The van der Waals surface area contributed by atoms with Crippen LogP contribution in [0.2, 0.25) is 5.02 Å². The number of nitrogens with zero attached hydrogens (tertiary/aromatic N) is 1. The zero-order chi connectivity index (χ0) is 25.5. The average Bonchev–Trinajstić information content (AvgIpc) is 2.80. The molecule has 0 fully saturated rings. The Labute approximate surface area is 227 Å². The Morgan fingerprint density at radius 2 is 1.80 bits per heavy atom. The summed E-state index contributed by atoms with van der Waals surface area (Å²) in [6.45, 7) is 6.53. The molecule has 0 radical (unpaired) electrons. The average molecular weight is 619 g/mol. The van der Waals surface area contributed by atoms with Gasteiger partial charge in [0, 0.05) is 8.95 Å². The van der Waals surface area contributed by atoms with E-state index in [0.29, 0.717) is 49.9 Å². The van der Waals surface area contributed by atoms with Crippen LogP contribution in [0.3, 0.4) is 0 Å². The van der Waals surface area contributed by atoms with Crippen molar-refractivity contribution in [2.24, 2.45) is 0 Å². The topological polar surface area (TPSA) is 71.3 Å². The van der Waals surface area contributed by atoms with E-state index in [4.69, 9.17) is 21.1 Å². The van der Waals surface area contributed by atoms with Crippen molar-refractivity contribution in [1.29, 1.82) is 5.26 Å². The highest BCUT2D eigenvalue weighted by Crippen LogP contribution is 2.38. The third-order valence-corrected chi connectivity index (χ3v) is 6.60. The Bertz CT molecular complexity index is 1310. The van der Waals surface area contributed by atoms with Crippen molar-refractivity contribution >= 4 is 61.1 Å². The lowest BCUT2D eigenvalue weighted by Crippen LogP contribution is -2.14. The maximum atomic E-state index is 12.9. The second kappa shape index (κ2) is 12.3. The first kappa shape index (κ1) is 26.8. The SMILES string of the molecule is CCOc1cc(/C=C(\C#N)C(=O)Nc2c(Br)cc(C)cc2Br)cc(Cl)c1OCc1ccccc1C. The number of carbonyl (C=O) groups excluding carboxylic acids is 1. The first-order valence-electron chi connectivity index (χ1n) is 10.8. The molecular weight excluding hydrogens is 596 g/mol. The van der Waals surface area contributed by atoms with Gasteiger partial charge in [-0.15, -0.1) is 0 Å². The molecule has 0 bridgehead atoms. The van der Waals surface area contributed by atoms with Crippen molar-refractivity contribution in [3.05, 3.63) is 90.3 Å². The molecule has 0 unspecified atom stereocenters. The monoisotopic (exact) mass is 616 g/mol. The lowest BCUT2D eigenvalue weighted by molar-refractivity contribution is -0.112. The van der Waals surface area contributed by atoms with Crippen LogP contribution in [0.4, 0.5) is 5.69 Å². The van der Waals surface area contributed by atoms with Gasteiger partial charge in [-0.3, -0.25) is 4.79 Å². The Morgan fingerprint density at radius 3 is 2.43 bits per heavy atom. The number of halogens is 3. The first-order chi connectivity index (χ1) is 16.7. The van der Waals surface area contributed by atoms with Gasteiger partial charge < -0.3 is 14.8 Å². The smallest absolute Gasteiger partial charge is 0.266 e. The molecule has 0 spiro atoms. The van der Waals surface area contributed by atoms with E-state index in [1.54, 1.807) is 12.1 Å². The van der Waals surface area contributed by atoms with E-state index in [1.165, 1.54) is 6.08 Å². The number of rotatable bonds is 8. The molecule has 0 aliphatic heterocycles. The molecule has 0 aliphatic carbocycles. The number of anilines is 1. The third kappa shape index (κ3) is 6.88. The number of benzene rings is 3. The number of hydrogen-bond donors (Lipinski definition) is 1. The van der Waals surface area contributed by atoms with Crippen molar-refractivity contribution < 1.29 is 14.3 Å². The van der Waals surface area contributed by atoms with E-state index in [-0.39, 0.29) is 5.57 Å². The van der Waals surface area contributed by atoms with Crippen LogP contribution in [-0.2, 0) is 11.4 Å². The zero-order valence-electron chi connectivity index (χ0n) is 19.4. The van der Waals surface area contributed by atoms with E-state index < -0.39 is 5.91 Å². The standard InChI is InChI=1S/C27H23Br2ClN2O3/c1-4-34-24-13-18(12-23(30)26(24)35-15-19-8-6-5-7-17(19)3)11-20(14-31)27(33)32-25-21(28)9-16(2)10-22(25)29/h5-13H,4,15H2,1-3H3,(H,32,33)/b20-11+. The summed E-state index contributed by atoms with van der Waals surface area (Å²) >= 11 is 13.4. The van der Waals surface area contributed by atoms with Crippen molar-refractivity contribution in [2.75, 3.05) is 11.9 Å². The largest absolute Gasteiger partial charge is 0.490 e. The number of carbonyl (C=O) groups is 1. The molecule has 3 aromatic rings.